The second kappa shape index (κ2) is 6.70. The van der Waals surface area contributed by atoms with Gasteiger partial charge >= 0.3 is 0 Å². The molecule has 0 radical (unpaired) electrons. The van der Waals surface area contributed by atoms with Crippen LogP contribution in [0.15, 0.2) is 82.6 Å². The lowest BCUT2D eigenvalue weighted by atomic mass is 10.1. The number of aromatic nitrogens is 1. The van der Waals surface area contributed by atoms with E-state index in [1.54, 1.807) is 7.11 Å². The largest absolute Gasteiger partial charge is 0.497 e. The van der Waals surface area contributed by atoms with Crippen LogP contribution >= 0.6 is 23.5 Å². The highest BCUT2D eigenvalue weighted by molar-refractivity contribution is 8.19. The third-order valence-electron chi connectivity index (χ3n) is 5.04. The smallest absolute Gasteiger partial charge is 0.119 e. The van der Waals surface area contributed by atoms with E-state index in [1.807, 2.05) is 29.6 Å². The molecule has 1 aliphatic rings. The maximum Gasteiger partial charge on any atom is 0.119 e. The summed E-state index contributed by atoms with van der Waals surface area (Å²) in [6, 6.07) is 25.8. The first kappa shape index (κ1) is 16.8. The fourth-order valence-electron chi connectivity index (χ4n) is 3.80. The molecule has 0 saturated heterocycles. The number of methoxy groups -OCH3 is 1. The van der Waals surface area contributed by atoms with Crippen molar-refractivity contribution in [2.24, 2.45) is 7.05 Å². The predicted octanol–water partition coefficient (Wildman–Crippen LogP) is 6.75. The molecule has 134 valence electrons. The van der Waals surface area contributed by atoms with Crippen molar-refractivity contribution in [2.45, 2.75) is 14.4 Å². The molecular formula is C23H19NOS2. The van der Waals surface area contributed by atoms with Crippen molar-refractivity contribution in [2.75, 3.05) is 7.11 Å². The van der Waals surface area contributed by atoms with Crippen LogP contribution in [0.25, 0.3) is 22.2 Å². The molecule has 4 aromatic rings. The first-order valence-electron chi connectivity index (χ1n) is 8.90. The van der Waals surface area contributed by atoms with Crippen LogP contribution in [-0.2, 0) is 7.05 Å². The molecule has 1 aromatic heterocycles. The van der Waals surface area contributed by atoms with E-state index in [9.17, 15) is 0 Å². The summed E-state index contributed by atoms with van der Waals surface area (Å²) in [5.74, 6) is 0.888. The van der Waals surface area contributed by atoms with Gasteiger partial charge in [-0.1, -0.05) is 42.5 Å². The van der Waals surface area contributed by atoms with E-state index < -0.39 is 0 Å². The lowest BCUT2D eigenvalue weighted by molar-refractivity contribution is 0.415. The first-order valence-corrected chi connectivity index (χ1v) is 10.7. The van der Waals surface area contributed by atoms with E-state index in [1.165, 1.54) is 37.5 Å². The molecule has 5 rings (SSSR count). The van der Waals surface area contributed by atoms with Crippen LogP contribution in [0.5, 0.6) is 5.75 Å². The standard InChI is InChI=1S/C23H19NOS2/c1-24-18-11-4-3-10-17(18)21(22(24)15-8-7-9-16(14-15)25-2)23-26-19-12-5-6-13-20(19)27-23/h3-14,23H,1-2H3. The van der Waals surface area contributed by atoms with Crippen LogP contribution in [0.4, 0.5) is 0 Å². The lowest BCUT2D eigenvalue weighted by Crippen LogP contribution is -1.95. The molecule has 2 heterocycles. The van der Waals surface area contributed by atoms with Gasteiger partial charge in [-0.25, -0.2) is 0 Å². The monoisotopic (exact) mass is 389 g/mol. The topological polar surface area (TPSA) is 14.2 Å². The third-order valence-corrected chi connectivity index (χ3v) is 7.87. The van der Waals surface area contributed by atoms with E-state index in [-0.39, 0.29) is 0 Å². The summed E-state index contributed by atoms with van der Waals surface area (Å²) in [6.45, 7) is 0. The van der Waals surface area contributed by atoms with Gasteiger partial charge in [-0.15, -0.1) is 23.5 Å². The molecule has 0 atom stereocenters. The lowest BCUT2D eigenvalue weighted by Gasteiger charge is -2.13. The number of para-hydroxylation sites is 1. The number of nitrogens with zero attached hydrogens (tertiary/aromatic N) is 1. The van der Waals surface area contributed by atoms with Gasteiger partial charge in [0, 0.05) is 38.9 Å². The van der Waals surface area contributed by atoms with Gasteiger partial charge in [0.25, 0.3) is 0 Å². The summed E-state index contributed by atoms with van der Waals surface area (Å²) in [7, 11) is 3.89. The molecule has 1 aliphatic heterocycles. The molecular weight excluding hydrogens is 370 g/mol. The minimum atomic E-state index is 0.342. The number of thioether (sulfide) groups is 2. The molecule has 0 fully saturated rings. The van der Waals surface area contributed by atoms with Crippen molar-refractivity contribution < 1.29 is 4.74 Å². The van der Waals surface area contributed by atoms with Crippen LogP contribution in [-0.4, -0.2) is 11.7 Å². The Labute approximate surface area is 167 Å². The predicted molar refractivity (Wildman–Crippen MR) is 116 cm³/mol. The average molecular weight is 390 g/mol. The van der Waals surface area contributed by atoms with Crippen molar-refractivity contribution in [1.82, 2.24) is 4.57 Å². The Morgan fingerprint density at radius 3 is 2.30 bits per heavy atom. The zero-order valence-corrected chi connectivity index (χ0v) is 16.8. The van der Waals surface area contributed by atoms with Gasteiger partial charge in [-0.3, -0.25) is 0 Å². The number of ether oxygens (including phenoxy) is 1. The van der Waals surface area contributed by atoms with Crippen molar-refractivity contribution in [3.8, 4) is 17.0 Å². The van der Waals surface area contributed by atoms with Crippen molar-refractivity contribution in [3.05, 3.63) is 78.4 Å². The molecule has 0 saturated carbocycles. The van der Waals surface area contributed by atoms with Gasteiger partial charge in [-0.05, 0) is 30.3 Å². The SMILES string of the molecule is COc1cccc(-c2c(C3Sc4ccccc4S3)c3ccccc3n2C)c1. The zero-order valence-electron chi connectivity index (χ0n) is 15.2. The molecule has 4 heteroatoms. The van der Waals surface area contributed by atoms with Crippen LogP contribution < -0.4 is 4.74 Å². The number of benzene rings is 3. The quantitative estimate of drug-likeness (QED) is 0.385. The summed E-state index contributed by atoms with van der Waals surface area (Å²) in [5, 5.41) is 1.33. The highest BCUT2D eigenvalue weighted by Gasteiger charge is 2.30. The average Bonchev–Trinajstić information content (AvgIpc) is 3.27. The number of hydrogen-bond acceptors (Lipinski definition) is 3. The Morgan fingerprint density at radius 2 is 1.56 bits per heavy atom. The molecule has 0 aliphatic carbocycles. The second-order valence-electron chi connectivity index (χ2n) is 6.58. The minimum Gasteiger partial charge on any atom is -0.497 e. The highest BCUT2D eigenvalue weighted by Crippen LogP contribution is 2.59. The van der Waals surface area contributed by atoms with E-state index in [2.05, 4.69) is 78.3 Å². The zero-order chi connectivity index (χ0) is 18.4. The molecule has 27 heavy (non-hydrogen) atoms. The summed E-state index contributed by atoms with van der Waals surface area (Å²) in [4.78, 5) is 2.74. The fourth-order valence-corrected chi connectivity index (χ4v) is 6.76. The van der Waals surface area contributed by atoms with E-state index in [4.69, 9.17) is 4.74 Å². The Bertz CT molecular complexity index is 1120. The first-order chi connectivity index (χ1) is 13.3. The maximum absolute atomic E-state index is 5.49. The van der Waals surface area contributed by atoms with Gasteiger partial charge in [0.1, 0.15) is 5.75 Å². The Morgan fingerprint density at radius 1 is 0.852 bits per heavy atom. The van der Waals surface area contributed by atoms with Gasteiger partial charge in [0.2, 0.25) is 0 Å². The summed E-state index contributed by atoms with van der Waals surface area (Å²) >= 11 is 3.91. The van der Waals surface area contributed by atoms with E-state index in [0.29, 0.717) is 4.58 Å². The summed E-state index contributed by atoms with van der Waals surface area (Å²) in [5.41, 5.74) is 5.13. The van der Waals surface area contributed by atoms with Crippen LogP contribution in [0, 0.1) is 0 Å². The Balaban J connectivity index is 1.74. The van der Waals surface area contributed by atoms with Crippen molar-refractivity contribution in [3.63, 3.8) is 0 Å². The van der Waals surface area contributed by atoms with E-state index in [0.717, 1.165) is 5.75 Å². The Hall–Kier alpha value is -2.30. The van der Waals surface area contributed by atoms with Crippen LogP contribution in [0.2, 0.25) is 0 Å². The Kier molecular flexibility index (Phi) is 4.18. The van der Waals surface area contributed by atoms with Gasteiger partial charge in [0.05, 0.1) is 17.4 Å². The molecule has 0 N–H and O–H groups in total. The second-order valence-corrected chi connectivity index (χ2v) is 9.18. The normalized spacial score (nSPS) is 13.9. The van der Waals surface area contributed by atoms with Crippen molar-refractivity contribution in [1.29, 1.82) is 0 Å². The number of rotatable bonds is 3. The molecule has 0 spiro atoms. The number of aryl methyl sites for hydroxylation is 1. The summed E-state index contributed by atoms with van der Waals surface area (Å²) < 4.78 is 8.15. The van der Waals surface area contributed by atoms with Crippen LogP contribution in [0.3, 0.4) is 0 Å². The van der Waals surface area contributed by atoms with Crippen molar-refractivity contribution >= 4 is 34.4 Å². The molecule has 0 unspecified atom stereocenters. The third kappa shape index (κ3) is 2.75. The fraction of sp³-hybridized carbons (Fsp3) is 0.130. The number of hydrogen-bond donors (Lipinski definition) is 0. The van der Waals surface area contributed by atoms with Gasteiger partial charge in [0.15, 0.2) is 0 Å². The van der Waals surface area contributed by atoms with Gasteiger partial charge in [-0.2, -0.15) is 0 Å². The maximum atomic E-state index is 5.49. The number of fused-ring (bicyclic) bond motifs is 2. The van der Waals surface area contributed by atoms with Crippen LogP contribution in [0.1, 0.15) is 10.1 Å². The molecule has 0 bridgehead atoms. The molecule has 0 amide bonds. The summed E-state index contributed by atoms with van der Waals surface area (Å²) in [6.07, 6.45) is 0. The molecule has 3 aromatic carbocycles. The van der Waals surface area contributed by atoms with E-state index >= 15 is 0 Å². The van der Waals surface area contributed by atoms with Gasteiger partial charge < -0.3 is 9.30 Å². The highest BCUT2D eigenvalue weighted by atomic mass is 32.2. The molecule has 2 nitrogen and oxygen atoms in total. The minimum absolute atomic E-state index is 0.342.